The molecule has 17 heavy (non-hydrogen) atoms. The molecular weight excluding hydrogens is 218 g/mol. The Morgan fingerprint density at radius 3 is 2.71 bits per heavy atom. The van der Waals surface area contributed by atoms with Gasteiger partial charge in [0.05, 0.1) is 30.8 Å². The van der Waals surface area contributed by atoms with Gasteiger partial charge in [0.25, 0.3) is 0 Å². The molecular formula is C11H21N5O. The molecule has 0 aliphatic carbocycles. The molecule has 3 N–H and O–H groups in total. The molecule has 1 rings (SSSR count). The first kappa shape index (κ1) is 13.8. The highest BCUT2D eigenvalue weighted by molar-refractivity contribution is 5.28. The summed E-state index contributed by atoms with van der Waals surface area (Å²) < 4.78 is 5.48. The van der Waals surface area contributed by atoms with Gasteiger partial charge in [0.15, 0.2) is 5.82 Å². The van der Waals surface area contributed by atoms with Gasteiger partial charge >= 0.3 is 0 Å². The lowest BCUT2D eigenvalue weighted by molar-refractivity contribution is 0.0625. The summed E-state index contributed by atoms with van der Waals surface area (Å²) in [5, 5.41) is 0. The first-order chi connectivity index (χ1) is 8.11. The third kappa shape index (κ3) is 5.58. The molecule has 0 spiro atoms. The minimum absolute atomic E-state index is 0.276. The molecule has 0 aliphatic heterocycles. The van der Waals surface area contributed by atoms with Gasteiger partial charge in [-0.2, -0.15) is 0 Å². The van der Waals surface area contributed by atoms with Crippen LogP contribution in [0.25, 0.3) is 0 Å². The number of ether oxygens (including phenoxy) is 1. The highest BCUT2D eigenvalue weighted by atomic mass is 16.5. The van der Waals surface area contributed by atoms with Gasteiger partial charge in [-0.05, 0) is 20.9 Å². The number of likely N-dealkylation sites (N-methyl/N-ethyl adjacent to an activating group) is 1. The molecule has 0 aliphatic rings. The van der Waals surface area contributed by atoms with Crippen LogP contribution in [-0.4, -0.2) is 41.2 Å². The second-order valence-electron chi connectivity index (χ2n) is 4.19. The number of anilines is 1. The van der Waals surface area contributed by atoms with Gasteiger partial charge in [-0.3, -0.25) is 9.88 Å². The Balaban J connectivity index is 2.31. The normalized spacial score (nSPS) is 11.2. The van der Waals surface area contributed by atoms with Crippen molar-refractivity contribution in [2.45, 2.75) is 26.5 Å². The molecule has 1 heterocycles. The Morgan fingerprint density at radius 2 is 2.18 bits per heavy atom. The van der Waals surface area contributed by atoms with Crippen molar-refractivity contribution in [3.63, 3.8) is 0 Å². The van der Waals surface area contributed by atoms with Crippen LogP contribution in [0.5, 0.6) is 0 Å². The molecule has 0 unspecified atom stereocenters. The third-order valence-corrected chi connectivity index (χ3v) is 2.21. The number of hydrogen-bond donors (Lipinski definition) is 2. The minimum Gasteiger partial charge on any atom is -0.377 e. The Kier molecular flexibility index (Phi) is 5.82. The average Bonchev–Trinajstić information content (AvgIpc) is 2.29. The second-order valence-corrected chi connectivity index (χ2v) is 4.19. The largest absolute Gasteiger partial charge is 0.377 e. The molecule has 6 heteroatoms. The van der Waals surface area contributed by atoms with E-state index in [2.05, 4.69) is 20.3 Å². The van der Waals surface area contributed by atoms with Gasteiger partial charge in [0.2, 0.25) is 0 Å². The van der Waals surface area contributed by atoms with E-state index in [1.165, 1.54) is 0 Å². The van der Waals surface area contributed by atoms with Gasteiger partial charge in [-0.15, -0.1) is 0 Å². The van der Waals surface area contributed by atoms with Gasteiger partial charge in [-0.25, -0.2) is 10.8 Å². The standard InChI is InChI=1S/C11H21N5O/c1-9(2)17-5-4-16(3)8-10-6-14-11(15-12)7-13-10/h6-7,9H,4-5,8,12H2,1-3H3,(H,14,15). The highest BCUT2D eigenvalue weighted by Gasteiger charge is 2.03. The van der Waals surface area contributed by atoms with Crippen LogP contribution >= 0.6 is 0 Å². The van der Waals surface area contributed by atoms with Crippen LogP contribution in [0.4, 0.5) is 5.82 Å². The summed E-state index contributed by atoms with van der Waals surface area (Å²) in [6.07, 6.45) is 3.61. The fourth-order valence-corrected chi connectivity index (χ4v) is 1.31. The monoisotopic (exact) mass is 239 g/mol. The molecule has 96 valence electrons. The van der Waals surface area contributed by atoms with Crippen LogP contribution in [-0.2, 0) is 11.3 Å². The molecule has 0 saturated carbocycles. The predicted octanol–water partition coefficient (Wildman–Crippen LogP) is 0.619. The van der Waals surface area contributed by atoms with Crippen molar-refractivity contribution in [1.29, 1.82) is 0 Å². The van der Waals surface area contributed by atoms with Crippen molar-refractivity contribution in [3.8, 4) is 0 Å². The quantitative estimate of drug-likeness (QED) is 0.536. The van der Waals surface area contributed by atoms with Gasteiger partial charge in [0, 0.05) is 13.1 Å². The van der Waals surface area contributed by atoms with E-state index in [9.17, 15) is 0 Å². The summed E-state index contributed by atoms with van der Waals surface area (Å²) >= 11 is 0. The first-order valence-electron chi connectivity index (χ1n) is 5.69. The van der Waals surface area contributed by atoms with Crippen molar-refractivity contribution >= 4 is 5.82 Å². The Labute approximate surface area is 102 Å². The van der Waals surface area contributed by atoms with Crippen LogP contribution in [0, 0.1) is 0 Å². The summed E-state index contributed by atoms with van der Waals surface area (Å²) in [5.74, 6) is 5.78. The van der Waals surface area contributed by atoms with Crippen LogP contribution in [0.15, 0.2) is 12.4 Å². The van der Waals surface area contributed by atoms with Crippen molar-refractivity contribution in [2.75, 3.05) is 25.6 Å². The van der Waals surface area contributed by atoms with E-state index in [4.69, 9.17) is 10.6 Å². The summed E-state index contributed by atoms with van der Waals surface area (Å²) in [5.41, 5.74) is 3.36. The van der Waals surface area contributed by atoms with E-state index in [0.29, 0.717) is 5.82 Å². The lowest BCUT2D eigenvalue weighted by Gasteiger charge is -2.17. The zero-order valence-electron chi connectivity index (χ0n) is 10.7. The number of nitrogens with one attached hydrogen (secondary N) is 1. The molecule has 1 aromatic heterocycles. The van der Waals surface area contributed by atoms with E-state index in [1.54, 1.807) is 12.4 Å². The van der Waals surface area contributed by atoms with Gasteiger partial charge < -0.3 is 10.2 Å². The molecule has 0 aromatic carbocycles. The number of nitrogens with zero attached hydrogens (tertiary/aromatic N) is 3. The van der Waals surface area contributed by atoms with Crippen LogP contribution in [0.1, 0.15) is 19.5 Å². The van der Waals surface area contributed by atoms with E-state index in [-0.39, 0.29) is 6.10 Å². The first-order valence-corrected chi connectivity index (χ1v) is 5.69. The lowest BCUT2D eigenvalue weighted by atomic mass is 10.4. The topological polar surface area (TPSA) is 76.3 Å². The van der Waals surface area contributed by atoms with E-state index >= 15 is 0 Å². The minimum atomic E-state index is 0.276. The molecule has 0 radical (unpaired) electrons. The van der Waals surface area contributed by atoms with Crippen molar-refractivity contribution < 1.29 is 4.74 Å². The maximum Gasteiger partial charge on any atom is 0.158 e. The van der Waals surface area contributed by atoms with E-state index in [0.717, 1.165) is 25.4 Å². The van der Waals surface area contributed by atoms with Crippen LogP contribution in [0.2, 0.25) is 0 Å². The molecule has 0 saturated heterocycles. The number of nitrogens with two attached hydrogens (primary N) is 1. The summed E-state index contributed by atoms with van der Waals surface area (Å²) in [6.45, 7) is 6.41. The molecule has 1 aromatic rings. The molecule has 0 fully saturated rings. The fraction of sp³-hybridized carbons (Fsp3) is 0.636. The lowest BCUT2D eigenvalue weighted by Crippen LogP contribution is -2.24. The Bertz CT molecular complexity index is 314. The number of rotatable bonds is 7. The molecule has 0 amide bonds. The van der Waals surface area contributed by atoms with E-state index < -0.39 is 0 Å². The maximum absolute atomic E-state index is 5.48. The van der Waals surface area contributed by atoms with Crippen LogP contribution < -0.4 is 11.3 Å². The maximum atomic E-state index is 5.48. The predicted molar refractivity (Wildman–Crippen MR) is 67.3 cm³/mol. The number of hydrazine groups is 1. The zero-order valence-corrected chi connectivity index (χ0v) is 10.7. The van der Waals surface area contributed by atoms with Crippen molar-refractivity contribution in [2.24, 2.45) is 5.84 Å². The SMILES string of the molecule is CC(C)OCCN(C)Cc1cnc(NN)cn1. The number of nitrogen functional groups attached to an aromatic ring is 1. The third-order valence-electron chi connectivity index (χ3n) is 2.21. The van der Waals surface area contributed by atoms with Crippen molar-refractivity contribution in [1.82, 2.24) is 14.9 Å². The molecule has 0 bridgehead atoms. The van der Waals surface area contributed by atoms with E-state index in [1.807, 2.05) is 20.9 Å². The molecule has 6 nitrogen and oxygen atoms in total. The van der Waals surface area contributed by atoms with Gasteiger partial charge in [0.1, 0.15) is 0 Å². The van der Waals surface area contributed by atoms with Crippen LogP contribution in [0.3, 0.4) is 0 Å². The Morgan fingerprint density at radius 1 is 1.41 bits per heavy atom. The summed E-state index contributed by atoms with van der Waals surface area (Å²) in [6, 6.07) is 0. The summed E-state index contributed by atoms with van der Waals surface area (Å²) in [4.78, 5) is 10.5. The zero-order chi connectivity index (χ0) is 12.7. The number of aromatic nitrogens is 2. The molecule has 0 atom stereocenters. The summed E-state index contributed by atoms with van der Waals surface area (Å²) in [7, 11) is 2.03. The number of hydrogen-bond acceptors (Lipinski definition) is 6. The smallest absolute Gasteiger partial charge is 0.158 e. The average molecular weight is 239 g/mol. The van der Waals surface area contributed by atoms with Gasteiger partial charge in [-0.1, -0.05) is 0 Å². The van der Waals surface area contributed by atoms with Crippen molar-refractivity contribution in [3.05, 3.63) is 18.1 Å². The Hall–Kier alpha value is -1.24. The highest BCUT2D eigenvalue weighted by Crippen LogP contribution is 2.01. The second kappa shape index (κ2) is 7.16. The fourth-order valence-electron chi connectivity index (χ4n) is 1.31.